The highest BCUT2D eigenvalue weighted by molar-refractivity contribution is 6.30. The molecule has 18 heavy (non-hydrogen) atoms. The van der Waals surface area contributed by atoms with E-state index >= 15 is 0 Å². The number of benzene rings is 1. The molecule has 1 heterocycles. The normalized spacial score (nSPS) is 10.4. The molecule has 1 aromatic heterocycles. The van der Waals surface area contributed by atoms with Crippen LogP contribution in [0.3, 0.4) is 0 Å². The topological polar surface area (TPSA) is 47.0 Å². The maximum atomic E-state index is 5.97. The minimum Gasteiger partial charge on any atom is -0.380 e. The Morgan fingerprint density at radius 1 is 1.28 bits per heavy atom. The first-order valence-corrected chi connectivity index (χ1v) is 5.91. The minimum atomic E-state index is 0.455. The number of hydrogen-bond acceptors (Lipinski definition) is 4. The molecule has 2 rings (SSSR count). The van der Waals surface area contributed by atoms with E-state index in [0.29, 0.717) is 17.6 Å². The van der Waals surface area contributed by atoms with E-state index < -0.39 is 0 Å². The van der Waals surface area contributed by atoms with Gasteiger partial charge in [-0.25, -0.2) is 9.97 Å². The van der Waals surface area contributed by atoms with Crippen molar-refractivity contribution in [3.63, 3.8) is 0 Å². The molecule has 0 fully saturated rings. The summed E-state index contributed by atoms with van der Waals surface area (Å²) in [6, 6.07) is 7.91. The predicted molar refractivity (Wildman–Crippen MR) is 72.2 cm³/mol. The molecule has 1 aromatic carbocycles. The van der Waals surface area contributed by atoms with Gasteiger partial charge in [-0.05, 0) is 13.0 Å². The molecular formula is C13H14ClN3O. The standard InChI is InChI=1S/C13H14ClN3O/c1-9-12(14)15-8-16-13(9)17-11-6-4-3-5-10(11)7-18-2/h3-6,8H,7H2,1-2H3,(H,15,16,17). The first-order chi connectivity index (χ1) is 8.72. The highest BCUT2D eigenvalue weighted by atomic mass is 35.5. The Balaban J connectivity index is 2.31. The van der Waals surface area contributed by atoms with Crippen LogP contribution in [0, 0.1) is 6.92 Å². The van der Waals surface area contributed by atoms with Gasteiger partial charge in [0.2, 0.25) is 0 Å². The highest BCUT2D eigenvalue weighted by Crippen LogP contribution is 2.24. The number of hydrogen-bond donors (Lipinski definition) is 1. The van der Waals surface area contributed by atoms with Crippen molar-refractivity contribution in [3.05, 3.63) is 46.9 Å². The maximum absolute atomic E-state index is 5.97. The zero-order chi connectivity index (χ0) is 13.0. The van der Waals surface area contributed by atoms with Crippen LogP contribution in [0.5, 0.6) is 0 Å². The van der Waals surface area contributed by atoms with Gasteiger partial charge < -0.3 is 10.1 Å². The number of rotatable bonds is 4. The Labute approximate surface area is 111 Å². The summed E-state index contributed by atoms with van der Waals surface area (Å²) in [5.74, 6) is 0.707. The van der Waals surface area contributed by atoms with Crippen molar-refractivity contribution in [2.24, 2.45) is 0 Å². The van der Waals surface area contributed by atoms with Crippen LogP contribution in [0.2, 0.25) is 5.15 Å². The molecule has 0 spiro atoms. The fourth-order valence-corrected chi connectivity index (χ4v) is 1.74. The summed E-state index contributed by atoms with van der Waals surface area (Å²) < 4.78 is 5.16. The molecule has 0 saturated carbocycles. The minimum absolute atomic E-state index is 0.455. The molecule has 0 saturated heterocycles. The highest BCUT2D eigenvalue weighted by Gasteiger charge is 2.07. The van der Waals surface area contributed by atoms with Gasteiger partial charge in [-0.15, -0.1) is 0 Å². The summed E-state index contributed by atoms with van der Waals surface area (Å²) in [6.07, 6.45) is 1.44. The number of para-hydroxylation sites is 1. The lowest BCUT2D eigenvalue weighted by Crippen LogP contribution is -2.01. The van der Waals surface area contributed by atoms with Crippen LogP contribution in [0.1, 0.15) is 11.1 Å². The van der Waals surface area contributed by atoms with E-state index in [1.807, 2.05) is 31.2 Å². The summed E-state index contributed by atoms with van der Waals surface area (Å²) in [5.41, 5.74) is 2.85. The largest absolute Gasteiger partial charge is 0.380 e. The number of halogens is 1. The van der Waals surface area contributed by atoms with Crippen molar-refractivity contribution in [2.45, 2.75) is 13.5 Å². The Morgan fingerprint density at radius 3 is 2.83 bits per heavy atom. The molecule has 0 aliphatic carbocycles. The molecule has 94 valence electrons. The fraction of sp³-hybridized carbons (Fsp3) is 0.231. The second-order valence-electron chi connectivity index (χ2n) is 3.85. The SMILES string of the molecule is COCc1ccccc1Nc1ncnc(Cl)c1C. The van der Waals surface area contributed by atoms with E-state index in [-0.39, 0.29) is 0 Å². The van der Waals surface area contributed by atoms with Gasteiger partial charge in [0.05, 0.1) is 6.61 Å². The number of nitrogens with zero attached hydrogens (tertiary/aromatic N) is 2. The average Bonchev–Trinajstić information content (AvgIpc) is 2.37. The van der Waals surface area contributed by atoms with Gasteiger partial charge in [-0.3, -0.25) is 0 Å². The fourth-order valence-electron chi connectivity index (χ4n) is 1.61. The van der Waals surface area contributed by atoms with Crippen LogP contribution >= 0.6 is 11.6 Å². The van der Waals surface area contributed by atoms with E-state index in [1.165, 1.54) is 6.33 Å². The van der Waals surface area contributed by atoms with E-state index in [0.717, 1.165) is 16.8 Å². The lowest BCUT2D eigenvalue weighted by atomic mass is 10.2. The van der Waals surface area contributed by atoms with Gasteiger partial charge in [-0.1, -0.05) is 29.8 Å². The summed E-state index contributed by atoms with van der Waals surface area (Å²) in [4.78, 5) is 8.12. The van der Waals surface area contributed by atoms with Crippen LogP contribution in [0.25, 0.3) is 0 Å². The molecule has 0 amide bonds. The molecule has 0 radical (unpaired) electrons. The van der Waals surface area contributed by atoms with E-state index in [1.54, 1.807) is 7.11 Å². The van der Waals surface area contributed by atoms with Crippen LogP contribution in [-0.2, 0) is 11.3 Å². The van der Waals surface area contributed by atoms with Crippen LogP contribution in [-0.4, -0.2) is 17.1 Å². The number of anilines is 2. The molecule has 4 nitrogen and oxygen atoms in total. The van der Waals surface area contributed by atoms with Gasteiger partial charge in [-0.2, -0.15) is 0 Å². The van der Waals surface area contributed by atoms with Gasteiger partial charge in [0.15, 0.2) is 0 Å². The molecule has 0 aliphatic heterocycles. The van der Waals surface area contributed by atoms with E-state index in [4.69, 9.17) is 16.3 Å². The number of nitrogens with one attached hydrogen (secondary N) is 1. The molecule has 0 aliphatic rings. The Morgan fingerprint density at radius 2 is 2.06 bits per heavy atom. The van der Waals surface area contributed by atoms with Gasteiger partial charge in [0.25, 0.3) is 0 Å². The average molecular weight is 264 g/mol. The van der Waals surface area contributed by atoms with Crippen molar-refractivity contribution in [1.82, 2.24) is 9.97 Å². The summed E-state index contributed by atoms with van der Waals surface area (Å²) in [7, 11) is 1.67. The summed E-state index contributed by atoms with van der Waals surface area (Å²) >= 11 is 5.97. The summed E-state index contributed by atoms with van der Waals surface area (Å²) in [6.45, 7) is 2.42. The number of aromatic nitrogens is 2. The van der Waals surface area contributed by atoms with Gasteiger partial charge in [0, 0.05) is 23.9 Å². The van der Waals surface area contributed by atoms with Gasteiger partial charge >= 0.3 is 0 Å². The van der Waals surface area contributed by atoms with Crippen molar-refractivity contribution < 1.29 is 4.74 Å². The van der Waals surface area contributed by atoms with Crippen molar-refractivity contribution in [3.8, 4) is 0 Å². The lowest BCUT2D eigenvalue weighted by molar-refractivity contribution is 0.185. The lowest BCUT2D eigenvalue weighted by Gasteiger charge is -2.12. The number of ether oxygens (including phenoxy) is 1. The van der Waals surface area contributed by atoms with Gasteiger partial charge in [0.1, 0.15) is 17.3 Å². The van der Waals surface area contributed by atoms with Crippen LogP contribution in [0.15, 0.2) is 30.6 Å². The Bertz CT molecular complexity index is 546. The maximum Gasteiger partial charge on any atom is 0.138 e. The molecule has 1 N–H and O–H groups in total. The molecule has 5 heteroatoms. The monoisotopic (exact) mass is 263 g/mol. The van der Waals surface area contributed by atoms with Crippen molar-refractivity contribution in [2.75, 3.05) is 12.4 Å². The first-order valence-electron chi connectivity index (χ1n) is 5.53. The smallest absolute Gasteiger partial charge is 0.138 e. The number of methoxy groups -OCH3 is 1. The molecule has 2 aromatic rings. The zero-order valence-corrected chi connectivity index (χ0v) is 11.0. The molecule has 0 unspecified atom stereocenters. The third-order valence-corrected chi connectivity index (χ3v) is 2.97. The Kier molecular flexibility index (Phi) is 4.12. The first kappa shape index (κ1) is 12.8. The van der Waals surface area contributed by atoms with Crippen molar-refractivity contribution in [1.29, 1.82) is 0 Å². The van der Waals surface area contributed by atoms with E-state index in [9.17, 15) is 0 Å². The van der Waals surface area contributed by atoms with Crippen molar-refractivity contribution >= 4 is 23.1 Å². The molecule has 0 bridgehead atoms. The third kappa shape index (κ3) is 2.78. The predicted octanol–water partition coefficient (Wildman–Crippen LogP) is 3.33. The third-order valence-electron chi connectivity index (χ3n) is 2.59. The quantitative estimate of drug-likeness (QED) is 0.860. The summed E-state index contributed by atoms with van der Waals surface area (Å²) in [5, 5.41) is 3.71. The van der Waals surface area contributed by atoms with Crippen LogP contribution in [0.4, 0.5) is 11.5 Å². The molecular weight excluding hydrogens is 250 g/mol. The second kappa shape index (κ2) is 5.80. The zero-order valence-electron chi connectivity index (χ0n) is 10.3. The van der Waals surface area contributed by atoms with Crippen LogP contribution < -0.4 is 5.32 Å². The molecule has 0 atom stereocenters. The van der Waals surface area contributed by atoms with E-state index in [2.05, 4.69) is 15.3 Å². The second-order valence-corrected chi connectivity index (χ2v) is 4.21. The Hall–Kier alpha value is -1.65.